The van der Waals surface area contributed by atoms with E-state index in [2.05, 4.69) is 15.0 Å². The molecule has 1 fully saturated rings. The molecule has 0 N–H and O–H groups in total. The first-order valence-electron chi connectivity index (χ1n) is 10.1. The Bertz CT molecular complexity index is 992. The summed E-state index contributed by atoms with van der Waals surface area (Å²) in [6.45, 7) is 5.66. The number of hydrogen-bond acceptors (Lipinski definition) is 6. The van der Waals surface area contributed by atoms with Gasteiger partial charge < -0.3 is 14.2 Å². The van der Waals surface area contributed by atoms with Crippen LogP contribution in [0.4, 0.5) is 0 Å². The zero-order valence-electron chi connectivity index (χ0n) is 17.4. The number of rotatable bonds is 6. The van der Waals surface area contributed by atoms with Gasteiger partial charge in [0.15, 0.2) is 5.82 Å². The highest BCUT2D eigenvalue weighted by Gasteiger charge is 2.22. The summed E-state index contributed by atoms with van der Waals surface area (Å²) in [5, 5.41) is 4.12. The molecule has 156 valence electrons. The number of benzene rings is 2. The molecule has 4 rings (SSSR count). The molecule has 7 nitrogen and oxygen atoms in total. The van der Waals surface area contributed by atoms with Crippen LogP contribution in [0.15, 0.2) is 53.1 Å². The average Bonchev–Trinajstić information content (AvgIpc) is 3.23. The van der Waals surface area contributed by atoms with E-state index in [9.17, 15) is 4.79 Å². The normalized spacial score (nSPS) is 14.7. The van der Waals surface area contributed by atoms with E-state index in [4.69, 9.17) is 9.26 Å². The van der Waals surface area contributed by atoms with Crippen molar-refractivity contribution in [2.75, 3.05) is 33.3 Å². The first kappa shape index (κ1) is 20.1. The van der Waals surface area contributed by atoms with Crippen LogP contribution in [0.3, 0.4) is 0 Å². The highest BCUT2D eigenvalue weighted by atomic mass is 16.5. The molecule has 30 heavy (non-hydrogen) atoms. The van der Waals surface area contributed by atoms with Gasteiger partial charge in [0.2, 0.25) is 5.91 Å². The molecule has 1 aliphatic heterocycles. The number of piperazine rings is 1. The number of aryl methyl sites for hydroxylation is 1. The van der Waals surface area contributed by atoms with Crippen molar-refractivity contribution >= 4 is 5.91 Å². The fourth-order valence-electron chi connectivity index (χ4n) is 3.60. The molecule has 0 atom stereocenters. The Kier molecular flexibility index (Phi) is 6.09. The second kappa shape index (κ2) is 9.09. The molecule has 0 saturated carbocycles. The van der Waals surface area contributed by atoms with E-state index in [1.807, 2.05) is 60.4 Å². The quantitative estimate of drug-likeness (QED) is 0.627. The summed E-state index contributed by atoms with van der Waals surface area (Å²) in [5.41, 5.74) is 3.09. The number of carbonyl (C=O) groups excluding carboxylic acids is 1. The molecule has 2 heterocycles. The summed E-state index contributed by atoms with van der Waals surface area (Å²) in [6.07, 6.45) is 0.411. The van der Waals surface area contributed by atoms with Crippen molar-refractivity contribution in [2.24, 2.45) is 0 Å². The predicted octanol–water partition coefficient (Wildman–Crippen LogP) is 2.94. The number of amides is 1. The maximum absolute atomic E-state index is 12.6. The second-order valence-corrected chi connectivity index (χ2v) is 7.57. The molecular weight excluding hydrogens is 380 g/mol. The number of hydrogen-bond donors (Lipinski definition) is 0. The standard InChI is InChI=1S/C23H26N4O3/c1-17-4-3-5-19(14-17)23-24-21(25-30-23)16-26-10-12-27(13-11-26)22(28)15-18-6-8-20(29-2)9-7-18/h3-9,14H,10-13,15-16H2,1-2H3. The number of methoxy groups -OCH3 is 1. The minimum Gasteiger partial charge on any atom is -0.497 e. The molecule has 1 aliphatic rings. The van der Waals surface area contributed by atoms with Crippen LogP contribution in [0.2, 0.25) is 0 Å². The Morgan fingerprint density at radius 2 is 1.87 bits per heavy atom. The van der Waals surface area contributed by atoms with E-state index in [0.29, 0.717) is 37.8 Å². The van der Waals surface area contributed by atoms with Gasteiger partial charge in [0.1, 0.15) is 5.75 Å². The molecule has 3 aromatic rings. The van der Waals surface area contributed by atoms with Gasteiger partial charge in [-0.15, -0.1) is 0 Å². The van der Waals surface area contributed by atoms with E-state index in [0.717, 1.165) is 35.5 Å². The SMILES string of the molecule is COc1ccc(CC(=O)N2CCN(Cc3noc(-c4cccc(C)c4)n3)CC2)cc1. The van der Waals surface area contributed by atoms with Crippen LogP contribution in [0, 0.1) is 6.92 Å². The van der Waals surface area contributed by atoms with Gasteiger partial charge in [-0.05, 0) is 36.8 Å². The van der Waals surface area contributed by atoms with Gasteiger partial charge in [-0.25, -0.2) is 0 Å². The van der Waals surface area contributed by atoms with E-state index >= 15 is 0 Å². The summed E-state index contributed by atoms with van der Waals surface area (Å²) in [5.74, 6) is 2.17. The predicted molar refractivity (Wildman–Crippen MR) is 113 cm³/mol. The van der Waals surface area contributed by atoms with Crippen molar-refractivity contribution in [2.45, 2.75) is 19.9 Å². The highest BCUT2D eigenvalue weighted by molar-refractivity contribution is 5.79. The zero-order chi connectivity index (χ0) is 20.9. The molecule has 0 radical (unpaired) electrons. The fraction of sp³-hybridized carbons (Fsp3) is 0.348. The third kappa shape index (κ3) is 4.86. The Balaban J connectivity index is 1.28. The van der Waals surface area contributed by atoms with E-state index < -0.39 is 0 Å². The maximum atomic E-state index is 12.6. The topological polar surface area (TPSA) is 71.7 Å². The van der Waals surface area contributed by atoms with Crippen molar-refractivity contribution < 1.29 is 14.1 Å². The third-order valence-corrected chi connectivity index (χ3v) is 5.34. The van der Waals surface area contributed by atoms with E-state index in [1.54, 1.807) is 7.11 Å². The molecule has 2 aromatic carbocycles. The summed E-state index contributed by atoms with van der Waals surface area (Å²) in [4.78, 5) is 21.3. The lowest BCUT2D eigenvalue weighted by atomic mass is 10.1. The Morgan fingerprint density at radius 3 is 2.57 bits per heavy atom. The zero-order valence-corrected chi connectivity index (χ0v) is 17.4. The lowest BCUT2D eigenvalue weighted by Crippen LogP contribution is -2.48. The summed E-state index contributed by atoms with van der Waals surface area (Å²) in [7, 11) is 1.64. The van der Waals surface area contributed by atoms with Crippen molar-refractivity contribution in [3.05, 3.63) is 65.5 Å². The van der Waals surface area contributed by atoms with Gasteiger partial charge in [0.25, 0.3) is 5.89 Å². The maximum Gasteiger partial charge on any atom is 0.257 e. The Hall–Kier alpha value is -3.19. The molecule has 1 amide bonds. The highest BCUT2D eigenvalue weighted by Crippen LogP contribution is 2.19. The average molecular weight is 406 g/mol. The molecule has 1 saturated heterocycles. The smallest absolute Gasteiger partial charge is 0.257 e. The van der Waals surface area contributed by atoms with Crippen molar-refractivity contribution in [3.63, 3.8) is 0 Å². The summed E-state index contributed by atoms with van der Waals surface area (Å²) in [6, 6.07) is 15.7. The molecule has 0 unspecified atom stereocenters. The number of aromatic nitrogens is 2. The summed E-state index contributed by atoms with van der Waals surface area (Å²) >= 11 is 0. The molecule has 0 aliphatic carbocycles. The Morgan fingerprint density at radius 1 is 1.10 bits per heavy atom. The van der Waals surface area contributed by atoms with Crippen LogP contribution >= 0.6 is 0 Å². The van der Waals surface area contributed by atoms with Gasteiger partial charge >= 0.3 is 0 Å². The number of nitrogens with zero attached hydrogens (tertiary/aromatic N) is 4. The van der Waals surface area contributed by atoms with Crippen LogP contribution in [0.5, 0.6) is 5.75 Å². The van der Waals surface area contributed by atoms with Gasteiger partial charge in [0.05, 0.1) is 20.1 Å². The second-order valence-electron chi connectivity index (χ2n) is 7.57. The van der Waals surface area contributed by atoms with Crippen LogP contribution in [-0.4, -0.2) is 59.1 Å². The van der Waals surface area contributed by atoms with Gasteiger partial charge in [-0.1, -0.05) is 35.0 Å². The fourth-order valence-corrected chi connectivity index (χ4v) is 3.60. The monoisotopic (exact) mass is 406 g/mol. The van der Waals surface area contributed by atoms with Crippen molar-refractivity contribution in [1.82, 2.24) is 19.9 Å². The lowest BCUT2D eigenvalue weighted by molar-refractivity contribution is -0.132. The third-order valence-electron chi connectivity index (χ3n) is 5.34. The molecule has 1 aromatic heterocycles. The van der Waals surface area contributed by atoms with Crippen LogP contribution in [-0.2, 0) is 17.8 Å². The minimum absolute atomic E-state index is 0.154. The minimum atomic E-state index is 0.154. The number of carbonyl (C=O) groups is 1. The van der Waals surface area contributed by atoms with E-state index in [-0.39, 0.29) is 5.91 Å². The van der Waals surface area contributed by atoms with Gasteiger partial charge in [-0.3, -0.25) is 9.69 Å². The van der Waals surface area contributed by atoms with Crippen LogP contribution < -0.4 is 4.74 Å². The summed E-state index contributed by atoms with van der Waals surface area (Å²) < 4.78 is 10.6. The van der Waals surface area contributed by atoms with E-state index in [1.165, 1.54) is 0 Å². The molecule has 0 spiro atoms. The first-order chi connectivity index (χ1) is 14.6. The van der Waals surface area contributed by atoms with Gasteiger partial charge in [-0.2, -0.15) is 4.98 Å². The van der Waals surface area contributed by atoms with Crippen LogP contribution in [0.1, 0.15) is 17.0 Å². The lowest BCUT2D eigenvalue weighted by Gasteiger charge is -2.34. The van der Waals surface area contributed by atoms with Crippen molar-refractivity contribution in [1.29, 1.82) is 0 Å². The van der Waals surface area contributed by atoms with Crippen LogP contribution in [0.25, 0.3) is 11.5 Å². The van der Waals surface area contributed by atoms with Gasteiger partial charge in [0, 0.05) is 31.7 Å². The molecular formula is C23H26N4O3. The molecule has 7 heteroatoms. The van der Waals surface area contributed by atoms with Crippen molar-refractivity contribution in [3.8, 4) is 17.2 Å². The largest absolute Gasteiger partial charge is 0.497 e. The molecule has 0 bridgehead atoms. The Labute approximate surface area is 176 Å². The number of ether oxygens (including phenoxy) is 1. The first-order valence-corrected chi connectivity index (χ1v) is 10.1.